The van der Waals surface area contributed by atoms with Gasteiger partial charge in [-0.05, 0) is 38.0 Å². The zero-order valence-electron chi connectivity index (χ0n) is 16.5. The van der Waals surface area contributed by atoms with E-state index in [4.69, 9.17) is 28.2 Å². The SMILES string of the molecule is CCc1nc2c(n1C(CC)CC)C(=O)N(C)C(C)N2c1ccc(Cl)cc1Cl. The van der Waals surface area contributed by atoms with E-state index in [9.17, 15) is 4.79 Å². The zero-order valence-corrected chi connectivity index (χ0v) is 18.0. The second-order valence-electron chi connectivity index (χ2n) is 6.91. The first-order valence-corrected chi connectivity index (χ1v) is 10.2. The molecule has 7 heteroatoms. The maximum absolute atomic E-state index is 13.2. The van der Waals surface area contributed by atoms with Gasteiger partial charge < -0.3 is 14.4 Å². The van der Waals surface area contributed by atoms with Crippen LogP contribution in [0, 0.1) is 0 Å². The molecule has 1 atom stereocenters. The minimum Gasteiger partial charge on any atom is -0.320 e. The van der Waals surface area contributed by atoms with E-state index in [1.54, 1.807) is 11.0 Å². The van der Waals surface area contributed by atoms with E-state index in [0.717, 1.165) is 30.8 Å². The second kappa shape index (κ2) is 7.72. The molecule has 0 saturated heterocycles. The normalized spacial score (nSPS) is 17.0. The fourth-order valence-corrected chi connectivity index (χ4v) is 4.31. The Morgan fingerprint density at radius 3 is 2.41 bits per heavy atom. The molecule has 1 aliphatic rings. The number of imidazole rings is 1. The first-order chi connectivity index (χ1) is 12.8. The summed E-state index contributed by atoms with van der Waals surface area (Å²) in [6.45, 7) is 8.35. The lowest BCUT2D eigenvalue weighted by atomic mass is 10.1. The van der Waals surface area contributed by atoms with Gasteiger partial charge in [-0.3, -0.25) is 4.79 Å². The summed E-state index contributed by atoms with van der Waals surface area (Å²) in [6, 6.07) is 5.66. The number of anilines is 2. The molecule has 0 spiro atoms. The fourth-order valence-electron chi connectivity index (χ4n) is 3.81. The smallest absolute Gasteiger partial charge is 0.275 e. The van der Waals surface area contributed by atoms with E-state index in [2.05, 4.69) is 25.3 Å². The summed E-state index contributed by atoms with van der Waals surface area (Å²) in [6.07, 6.45) is 2.44. The quantitative estimate of drug-likeness (QED) is 0.638. The van der Waals surface area contributed by atoms with Crippen molar-refractivity contribution in [3.63, 3.8) is 0 Å². The number of fused-ring (bicyclic) bond motifs is 1. The highest BCUT2D eigenvalue weighted by molar-refractivity contribution is 6.36. The number of aromatic nitrogens is 2. The first kappa shape index (κ1) is 20.0. The average molecular weight is 409 g/mol. The number of aryl methyl sites for hydroxylation is 1. The number of benzene rings is 1. The van der Waals surface area contributed by atoms with E-state index in [-0.39, 0.29) is 18.1 Å². The number of carbonyl (C=O) groups excluding carboxylic acids is 1. The molecule has 1 unspecified atom stereocenters. The highest BCUT2D eigenvalue weighted by Crippen LogP contribution is 2.41. The van der Waals surface area contributed by atoms with E-state index in [1.165, 1.54) is 0 Å². The van der Waals surface area contributed by atoms with Crippen LogP contribution in [0.3, 0.4) is 0 Å². The summed E-state index contributed by atoms with van der Waals surface area (Å²) in [4.78, 5) is 21.9. The molecular weight excluding hydrogens is 383 g/mol. The van der Waals surface area contributed by atoms with Crippen molar-refractivity contribution in [2.45, 2.75) is 59.2 Å². The Morgan fingerprint density at radius 1 is 1.19 bits per heavy atom. The van der Waals surface area contributed by atoms with E-state index >= 15 is 0 Å². The van der Waals surface area contributed by atoms with Crippen LogP contribution in [0.15, 0.2) is 18.2 Å². The second-order valence-corrected chi connectivity index (χ2v) is 7.75. The molecule has 0 N–H and O–H groups in total. The van der Waals surface area contributed by atoms with Crippen molar-refractivity contribution in [1.82, 2.24) is 14.5 Å². The van der Waals surface area contributed by atoms with E-state index in [1.807, 2.05) is 31.0 Å². The van der Waals surface area contributed by atoms with Crippen LogP contribution in [0.25, 0.3) is 0 Å². The summed E-state index contributed by atoms with van der Waals surface area (Å²) >= 11 is 12.6. The van der Waals surface area contributed by atoms with Crippen molar-refractivity contribution in [2.24, 2.45) is 0 Å². The molecule has 3 rings (SSSR count). The molecule has 1 aliphatic heterocycles. The van der Waals surface area contributed by atoms with Crippen molar-refractivity contribution >= 4 is 40.6 Å². The van der Waals surface area contributed by atoms with Crippen LogP contribution in [-0.4, -0.2) is 33.6 Å². The van der Waals surface area contributed by atoms with Crippen LogP contribution < -0.4 is 4.90 Å². The first-order valence-electron chi connectivity index (χ1n) is 9.48. The Balaban J connectivity index is 2.28. The predicted molar refractivity (Wildman–Crippen MR) is 111 cm³/mol. The molecule has 0 fully saturated rings. The van der Waals surface area contributed by atoms with Crippen LogP contribution in [-0.2, 0) is 6.42 Å². The molecule has 0 aliphatic carbocycles. The zero-order chi connectivity index (χ0) is 19.9. The minimum atomic E-state index is -0.210. The summed E-state index contributed by atoms with van der Waals surface area (Å²) in [5.41, 5.74) is 1.44. The van der Waals surface area contributed by atoms with E-state index < -0.39 is 0 Å². The number of hydrogen-bond acceptors (Lipinski definition) is 3. The average Bonchev–Trinajstić information content (AvgIpc) is 3.02. The molecular formula is C20H26Cl2N4O. The number of hydrogen-bond donors (Lipinski definition) is 0. The molecule has 1 aromatic heterocycles. The Morgan fingerprint density at radius 2 is 1.85 bits per heavy atom. The summed E-state index contributed by atoms with van der Waals surface area (Å²) < 4.78 is 2.14. The maximum Gasteiger partial charge on any atom is 0.275 e. The molecule has 2 aromatic rings. The molecule has 146 valence electrons. The van der Waals surface area contributed by atoms with Gasteiger partial charge in [-0.15, -0.1) is 0 Å². The Hall–Kier alpha value is -1.72. The Kier molecular flexibility index (Phi) is 5.73. The van der Waals surface area contributed by atoms with Gasteiger partial charge in [0.15, 0.2) is 11.5 Å². The largest absolute Gasteiger partial charge is 0.320 e. The molecule has 0 bridgehead atoms. The highest BCUT2D eigenvalue weighted by atomic mass is 35.5. The minimum absolute atomic E-state index is 0.00191. The van der Waals surface area contributed by atoms with Crippen molar-refractivity contribution in [1.29, 1.82) is 0 Å². The third-order valence-corrected chi connectivity index (χ3v) is 5.98. The van der Waals surface area contributed by atoms with Crippen molar-refractivity contribution in [3.05, 3.63) is 39.8 Å². The van der Waals surface area contributed by atoms with Crippen molar-refractivity contribution in [3.8, 4) is 0 Å². The molecule has 5 nitrogen and oxygen atoms in total. The van der Waals surface area contributed by atoms with Gasteiger partial charge in [0.1, 0.15) is 12.0 Å². The van der Waals surface area contributed by atoms with Crippen LogP contribution in [0.1, 0.15) is 62.9 Å². The van der Waals surface area contributed by atoms with Crippen LogP contribution in [0.2, 0.25) is 10.0 Å². The Bertz CT molecular complexity index is 860. The molecule has 0 saturated carbocycles. The van der Waals surface area contributed by atoms with Gasteiger partial charge in [0.2, 0.25) is 0 Å². The number of rotatable bonds is 5. The topological polar surface area (TPSA) is 41.4 Å². The number of amides is 1. The van der Waals surface area contributed by atoms with E-state index in [0.29, 0.717) is 21.6 Å². The Labute approximate surface area is 170 Å². The number of carbonyl (C=O) groups is 1. The summed E-state index contributed by atoms with van der Waals surface area (Å²) in [5.74, 6) is 1.61. The molecule has 2 heterocycles. The van der Waals surface area contributed by atoms with Crippen LogP contribution in [0.4, 0.5) is 11.5 Å². The number of nitrogens with zero attached hydrogens (tertiary/aromatic N) is 4. The van der Waals surface area contributed by atoms with Gasteiger partial charge in [0.25, 0.3) is 5.91 Å². The lowest BCUT2D eigenvalue weighted by Crippen LogP contribution is -2.50. The van der Waals surface area contributed by atoms with Gasteiger partial charge >= 0.3 is 0 Å². The van der Waals surface area contributed by atoms with Gasteiger partial charge in [0.05, 0.1) is 10.7 Å². The third kappa shape index (κ3) is 3.21. The fraction of sp³-hybridized carbons (Fsp3) is 0.500. The van der Waals surface area contributed by atoms with Gasteiger partial charge in [-0.2, -0.15) is 0 Å². The molecule has 27 heavy (non-hydrogen) atoms. The summed E-state index contributed by atoms with van der Waals surface area (Å²) in [7, 11) is 1.82. The van der Waals surface area contributed by atoms with Crippen molar-refractivity contribution in [2.75, 3.05) is 11.9 Å². The molecule has 0 radical (unpaired) electrons. The van der Waals surface area contributed by atoms with Crippen molar-refractivity contribution < 1.29 is 4.79 Å². The van der Waals surface area contributed by atoms with Crippen LogP contribution >= 0.6 is 23.2 Å². The summed E-state index contributed by atoms with van der Waals surface area (Å²) in [5, 5.41) is 1.12. The predicted octanol–water partition coefficient (Wildman–Crippen LogP) is 5.68. The lowest BCUT2D eigenvalue weighted by Gasteiger charge is -2.41. The maximum atomic E-state index is 13.2. The lowest BCUT2D eigenvalue weighted by molar-refractivity contribution is 0.0715. The molecule has 1 amide bonds. The van der Waals surface area contributed by atoms with Gasteiger partial charge in [0, 0.05) is 24.5 Å². The monoisotopic (exact) mass is 408 g/mol. The van der Waals surface area contributed by atoms with Gasteiger partial charge in [-0.25, -0.2) is 4.98 Å². The molecule has 1 aromatic carbocycles. The third-order valence-electron chi connectivity index (χ3n) is 5.44. The van der Waals surface area contributed by atoms with Crippen LogP contribution in [0.5, 0.6) is 0 Å². The standard InChI is InChI=1S/C20H26Cl2N4O/c1-6-14(7-2)26-17(8-3)23-19-18(26)20(27)24(5)12(4)25(19)16-10-9-13(21)11-15(16)22/h9-12,14H,6-8H2,1-5H3. The van der Waals surface area contributed by atoms with Gasteiger partial charge in [-0.1, -0.05) is 44.0 Å². The highest BCUT2D eigenvalue weighted by Gasteiger charge is 2.40. The number of halogens is 2.